The molecule has 3 heterocycles. The summed E-state index contributed by atoms with van der Waals surface area (Å²) in [6.45, 7) is 3.26. The topological polar surface area (TPSA) is 45.2 Å². The Kier molecular flexibility index (Phi) is 4.43. The van der Waals surface area contributed by atoms with E-state index in [1.54, 1.807) is 18.6 Å². The lowest BCUT2D eigenvalue weighted by Crippen LogP contribution is -2.46. The van der Waals surface area contributed by atoms with Crippen molar-refractivity contribution in [3.63, 3.8) is 0 Å². The van der Waals surface area contributed by atoms with Gasteiger partial charge in [-0.3, -0.25) is 9.97 Å². The molecule has 1 saturated heterocycles. The van der Waals surface area contributed by atoms with Gasteiger partial charge in [-0.1, -0.05) is 0 Å². The van der Waals surface area contributed by atoms with Crippen LogP contribution in [0.2, 0.25) is 0 Å². The smallest absolute Gasteiger partial charge is 0.147 e. The van der Waals surface area contributed by atoms with Crippen LogP contribution in [0.25, 0.3) is 11.3 Å². The second-order valence-electron chi connectivity index (χ2n) is 6.07. The van der Waals surface area contributed by atoms with E-state index in [-0.39, 0.29) is 5.56 Å². The minimum absolute atomic E-state index is 0.246. The molecule has 1 fully saturated rings. The van der Waals surface area contributed by atoms with Crippen molar-refractivity contribution in [1.29, 1.82) is 0 Å². The highest BCUT2D eigenvalue weighted by Gasteiger charge is 2.19. The summed E-state index contributed by atoms with van der Waals surface area (Å²) in [7, 11) is 0. The average molecular weight is 353 g/mol. The highest BCUT2D eigenvalue weighted by atomic mass is 19.1. The minimum atomic E-state index is -0.640. The summed E-state index contributed by atoms with van der Waals surface area (Å²) >= 11 is 0. The molecular formula is C19H17F2N5. The van der Waals surface area contributed by atoms with Gasteiger partial charge >= 0.3 is 0 Å². The van der Waals surface area contributed by atoms with E-state index in [2.05, 4.69) is 24.8 Å². The van der Waals surface area contributed by atoms with Crippen molar-refractivity contribution in [2.45, 2.75) is 0 Å². The molecule has 0 saturated carbocycles. The summed E-state index contributed by atoms with van der Waals surface area (Å²) in [5.74, 6) is -0.554. The Bertz CT molecular complexity index is 895. The molecule has 0 bridgehead atoms. The molecular weight excluding hydrogens is 336 g/mol. The molecule has 0 unspecified atom stereocenters. The average Bonchev–Trinajstić information content (AvgIpc) is 2.69. The number of anilines is 2. The Balaban J connectivity index is 1.51. The Morgan fingerprint density at radius 3 is 2.27 bits per heavy atom. The van der Waals surface area contributed by atoms with E-state index < -0.39 is 11.6 Å². The van der Waals surface area contributed by atoms with Gasteiger partial charge in [-0.05, 0) is 24.3 Å². The fraction of sp³-hybridized carbons (Fsp3) is 0.211. The summed E-state index contributed by atoms with van der Waals surface area (Å²) < 4.78 is 27.1. The number of nitrogens with zero attached hydrogens (tertiary/aromatic N) is 5. The van der Waals surface area contributed by atoms with Gasteiger partial charge in [0.15, 0.2) is 0 Å². The Hall–Kier alpha value is -3.09. The normalized spacial score (nSPS) is 14.5. The molecule has 3 aromatic rings. The molecule has 0 spiro atoms. The molecule has 132 valence electrons. The number of hydrogen-bond donors (Lipinski definition) is 0. The number of hydrogen-bond acceptors (Lipinski definition) is 5. The molecule has 4 rings (SSSR count). The first-order valence-corrected chi connectivity index (χ1v) is 8.38. The van der Waals surface area contributed by atoms with Gasteiger partial charge in [0.2, 0.25) is 0 Å². The van der Waals surface area contributed by atoms with Crippen LogP contribution in [0.5, 0.6) is 0 Å². The van der Waals surface area contributed by atoms with E-state index in [0.29, 0.717) is 11.5 Å². The molecule has 1 aromatic carbocycles. The molecule has 0 aliphatic carbocycles. The van der Waals surface area contributed by atoms with Crippen LogP contribution in [0.4, 0.5) is 20.3 Å². The van der Waals surface area contributed by atoms with E-state index in [1.807, 2.05) is 12.1 Å². The third-order valence-corrected chi connectivity index (χ3v) is 4.46. The third kappa shape index (κ3) is 3.33. The molecule has 5 nitrogen and oxygen atoms in total. The van der Waals surface area contributed by atoms with Crippen LogP contribution in [0, 0.1) is 11.6 Å². The molecule has 0 amide bonds. The maximum absolute atomic E-state index is 14.0. The van der Waals surface area contributed by atoms with Crippen molar-refractivity contribution in [3.8, 4) is 11.3 Å². The number of pyridine rings is 1. The first-order valence-electron chi connectivity index (χ1n) is 8.38. The highest BCUT2D eigenvalue weighted by Crippen LogP contribution is 2.24. The van der Waals surface area contributed by atoms with E-state index in [1.165, 1.54) is 18.3 Å². The zero-order valence-corrected chi connectivity index (χ0v) is 14.0. The zero-order valence-electron chi connectivity index (χ0n) is 14.0. The number of halogens is 2. The fourth-order valence-corrected chi connectivity index (χ4v) is 3.08. The second-order valence-corrected chi connectivity index (χ2v) is 6.07. The maximum Gasteiger partial charge on any atom is 0.147 e. The summed E-state index contributed by atoms with van der Waals surface area (Å²) in [5, 5.41) is 0. The van der Waals surface area contributed by atoms with Gasteiger partial charge in [-0.15, -0.1) is 0 Å². The molecule has 26 heavy (non-hydrogen) atoms. The molecule has 1 aliphatic heterocycles. The molecule has 1 aliphatic rings. The number of aromatic nitrogens is 3. The van der Waals surface area contributed by atoms with Crippen molar-refractivity contribution in [2.75, 3.05) is 36.0 Å². The van der Waals surface area contributed by atoms with Gasteiger partial charge in [0.25, 0.3) is 0 Å². The largest absolute Gasteiger partial charge is 0.368 e. The van der Waals surface area contributed by atoms with Crippen molar-refractivity contribution >= 4 is 11.5 Å². The van der Waals surface area contributed by atoms with Gasteiger partial charge in [0.05, 0.1) is 18.1 Å². The van der Waals surface area contributed by atoms with Gasteiger partial charge in [0.1, 0.15) is 17.5 Å². The maximum atomic E-state index is 14.0. The number of benzene rings is 1. The predicted molar refractivity (Wildman–Crippen MR) is 96.0 cm³/mol. The van der Waals surface area contributed by atoms with Gasteiger partial charge in [-0.25, -0.2) is 13.8 Å². The first-order chi connectivity index (χ1) is 12.7. The monoisotopic (exact) mass is 353 g/mol. The SMILES string of the molecule is Fc1ccc(-c2cncc(N3CCN(c4ccncc4)CC3)n2)c(F)c1. The second kappa shape index (κ2) is 7.03. The van der Waals surface area contributed by atoms with Crippen LogP contribution in [-0.4, -0.2) is 41.1 Å². The fourth-order valence-electron chi connectivity index (χ4n) is 3.08. The molecule has 2 aromatic heterocycles. The van der Waals surface area contributed by atoms with E-state index in [9.17, 15) is 8.78 Å². The minimum Gasteiger partial charge on any atom is -0.368 e. The third-order valence-electron chi connectivity index (χ3n) is 4.46. The zero-order chi connectivity index (χ0) is 17.9. The van der Waals surface area contributed by atoms with Crippen LogP contribution in [0.15, 0.2) is 55.1 Å². The van der Waals surface area contributed by atoms with Crippen LogP contribution in [-0.2, 0) is 0 Å². The summed E-state index contributed by atoms with van der Waals surface area (Å²) in [5.41, 5.74) is 1.79. The van der Waals surface area contributed by atoms with Crippen LogP contribution < -0.4 is 9.80 Å². The standard InChI is InChI=1S/C19H17F2N5/c20-14-1-2-16(17(21)11-14)18-12-23-13-19(24-18)26-9-7-25(8-10-26)15-3-5-22-6-4-15/h1-6,11-13H,7-10H2. The Labute approximate surface area is 150 Å². The number of piperazine rings is 1. The van der Waals surface area contributed by atoms with Crippen molar-refractivity contribution < 1.29 is 8.78 Å². The van der Waals surface area contributed by atoms with E-state index in [4.69, 9.17) is 0 Å². The Morgan fingerprint density at radius 2 is 1.54 bits per heavy atom. The van der Waals surface area contributed by atoms with E-state index >= 15 is 0 Å². The lowest BCUT2D eigenvalue weighted by Gasteiger charge is -2.36. The van der Waals surface area contributed by atoms with Crippen molar-refractivity contribution in [1.82, 2.24) is 15.0 Å². The van der Waals surface area contributed by atoms with Gasteiger partial charge in [0, 0.05) is 55.9 Å². The van der Waals surface area contributed by atoms with Crippen LogP contribution in [0.3, 0.4) is 0 Å². The van der Waals surface area contributed by atoms with Gasteiger partial charge < -0.3 is 9.80 Å². The number of rotatable bonds is 3. The predicted octanol–water partition coefficient (Wildman–Crippen LogP) is 3.14. The van der Waals surface area contributed by atoms with Crippen molar-refractivity contribution in [2.24, 2.45) is 0 Å². The molecule has 0 radical (unpaired) electrons. The first kappa shape index (κ1) is 16.4. The van der Waals surface area contributed by atoms with E-state index in [0.717, 1.165) is 37.9 Å². The molecule has 0 atom stereocenters. The lowest BCUT2D eigenvalue weighted by molar-refractivity contribution is 0.585. The molecule has 0 N–H and O–H groups in total. The summed E-state index contributed by atoms with van der Waals surface area (Å²) in [6, 6.07) is 7.46. The lowest BCUT2D eigenvalue weighted by atomic mass is 10.1. The van der Waals surface area contributed by atoms with Crippen LogP contribution in [0.1, 0.15) is 0 Å². The summed E-state index contributed by atoms with van der Waals surface area (Å²) in [4.78, 5) is 17.2. The van der Waals surface area contributed by atoms with Gasteiger partial charge in [-0.2, -0.15) is 0 Å². The quantitative estimate of drug-likeness (QED) is 0.724. The highest BCUT2D eigenvalue weighted by molar-refractivity contribution is 5.61. The van der Waals surface area contributed by atoms with Crippen LogP contribution >= 0.6 is 0 Å². The summed E-state index contributed by atoms with van der Waals surface area (Å²) in [6.07, 6.45) is 6.74. The van der Waals surface area contributed by atoms with Crippen molar-refractivity contribution in [3.05, 3.63) is 66.8 Å². The Morgan fingerprint density at radius 1 is 0.808 bits per heavy atom. The molecule has 7 heteroatoms.